The Morgan fingerprint density at radius 2 is 1.66 bits per heavy atom. The largest absolute Gasteiger partial charge is 0.357 e. The molecule has 0 spiro atoms. The smallest absolute Gasteiger partial charge is 0.180 e. The van der Waals surface area contributed by atoms with Gasteiger partial charge in [0.1, 0.15) is 6.17 Å². The Bertz CT molecular complexity index is 1470. The van der Waals surface area contributed by atoms with Crippen LogP contribution >= 0.6 is 0 Å². The number of tetrazole rings is 1. The number of rotatable bonds is 7. The summed E-state index contributed by atoms with van der Waals surface area (Å²) in [6.45, 7) is 4.94. The van der Waals surface area contributed by atoms with Crippen molar-refractivity contribution in [1.29, 1.82) is 0 Å². The van der Waals surface area contributed by atoms with Crippen molar-refractivity contribution >= 4 is 11.5 Å². The van der Waals surface area contributed by atoms with Gasteiger partial charge >= 0.3 is 0 Å². The van der Waals surface area contributed by atoms with Crippen LogP contribution in [0.25, 0.3) is 22.5 Å². The summed E-state index contributed by atoms with van der Waals surface area (Å²) in [5.41, 5.74) is 6.87. The normalized spacial score (nSPS) is 18.9. The summed E-state index contributed by atoms with van der Waals surface area (Å²) in [6.07, 6.45) is 5.10. The number of nitrogens with one attached hydrogen (secondary N) is 1. The summed E-state index contributed by atoms with van der Waals surface area (Å²) in [5, 5.41) is 14.5. The Morgan fingerprint density at radius 1 is 0.895 bits per heavy atom. The Hall–Kier alpha value is -4.46. The first kappa shape index (κ1) is 22.7. The SMILES string of the molecule is CC1N=C2C(=CN(CC3CC3)CN2c2ccccc2)N1Cc1ccc(-c2ccccc2-c2nnn[nH]2)cc1. The molecule has 0 radical (unpaired) electrons. The molecule has 8 nitrogen and oxygen atoms in total. The van der Waals surface area contributed by atoms with Gasteiger partial charge in [0.25, 0.3) is 0 Å². The van der Waals surface area contributed by atoms with Crippen molar-refractivity contribution in [2.75, 3.05) is 18.1 Å². The van der Waals surface area contributed by atoms with Crippen LogP contribution in [0.3, 0.4) is 0 Å². The van der Waals surface area contributed by atoms with E-state index in [1.165, 1.54) is 29.8 Å². The fourth-order valence-corrected chi connectivity index (χ4v) is 5.42. The number of para-hydroxylation sites is 1. The predicted octanol–water partition coefficient (Wildman–Crippen LogP) is 5.12. The minimum atomic E-state index is 0.0719. The molecule has 1 saturated carbocycles. The molecule has 1 atom stereocenters. The highest BCUT2D eigenvalue weighted by molar-refractivity contribution is 6.11. The number of aromatic amines is 1. The number of hydrogen-bond acceptors (Lipinski definition) is 7. The van der Waals surface area contributed by atoms with Crippen LogP contribution in [0.1, 0.15) is 25.3 Å². The van der Waals surface area contributed by atoms with Crippen molar-refractivity contribution in [2.45, 2.75) is 32.5 Å². The highest BCUT2D eigenvalue weighted by Gasteiger charge is 2.37. The molecule has 1 aromatic heterocycles. The van der Waals surface area contributed by atoms with E-state index >= 15 is 0 Å². The second kappa shape index (κ2) is 9.45. The van der Waals surface area contributed by atoms with Crippen LogP contribution in [-0.2, 0) is 6.54 Å². The first-order valence-corrected chi connectivity index (χ1v) is 13.3. The summed E-state index contributed by atoms with van der Waals surface area (Å²) < 4.78 is 0. The standard InChI is InChI=1S/C30H30N8/c1-21-31-30-28(19-36(17-22-11-12-22)20-38(30)25-7-3-2-4-8-25)37(21)18-23-13-15-24(16-14-23)26-9-5-6-10-27(26)29-32-34-35-33-29/h2-10,13-16,19,21-22H,11-12,17-18,20H2,1H3,(H,32,33,34,35). The van der Waals surface area contributed by atoms with Crippen molar-refractivity contribution in [1.82, 2.24) is 30.4 Å². The van der Waals surface area contributed by atoms with Gasteiger partial charge in [0.05, 0.1) is 12.4 Å². The molecule has 0 bridgehead atoms. The average Bonchev–Trinajstić information content (AvgIpc) is 3.49. The lowest BCUT2D eigenvalue weighted by molar-refractivity contribution is 0.281. The molecule has 0 saturated heterocycles. The number of amidine groups is 1. The fraction of sp³-hybridized carbons (Fsp3) is 0.267. The van der Waals surface area contributed by atoms with Crippen LogP contribution in [0.2, 0.25) is 0 Å². The Morgan fingerprint density at radius 3 is 2.39 bits per heavy atom. The van der Waals surface area contributed by atoms with Crippen molar-refractivity contribution in [3.63, 3.8) is 0 Å². The maximum Gasteiger partial charge on any atom is 0.180 e. The lowest BCUT2D eigenvalue weighted by Crippen LogP contribution is -2.46. The Labute approximate surface area is 222 Å². The molecule has 1 N–H and O–H groups in total. The zero-order chi connectivity index (χ0) is 25.5. The molecule has 8 heteroatoms. The summed E-state index contributed by atoms with van der Waals surface area (Å²) in [6, 6.07) is 27.6. The molecule has 38 heavy (non-hydrogen) atoms. The highest BCUT2D eigenvalue weighted by Crippen LogP contribution is 2.35. The van der Waals surface area contributed by atoms with Crippen LogP contribution in [0.4, 0.5) is 5.69 Å². The van der Waals surface area contributed by atoms with E-state index < -0.39 is 0 Å². The van der Waals surface area contributed by atoms with Crippen molar-refractivity contribution in [3.05, 3.63) is 96.3 Å². The highest BCUT2D eigenvalue weighted by atomic mass is 15.5. The molecule has 3 aromatic carbocycles. The summed E-state index contributed by atoms with van der Waals surface area (Å²) >= 11 is 0. The second-order valence-corrected chi connectivity index (χ2v) is 10.3. The minimum absolute atomic E-state index is 0.0719. The molecule has 0 amide bonds. The Balaban J connectivity index is 1.15. The van der Waals surface area contributed by atoms with Gasteiger partial charge in [0.15, 0.2) is 11.7 Å². The molecular formula is C30H30N8. The van der Waals surface area contributed by atoms with Gasteiger partial charge in [-0.3, -0.25) is 0 Å². The van der Waals surface area contributed by atoms with Gasteiger partial charge in [-0.25, -0.2) is 10.1 Å². The fourth-order valence-electron chi connectivity index (χ4n) is 5.42. The van der Waals surface area contributed by atoms with Gasteiger partial charge in [-0.1, -0.05) is 66.7 Å². The molecular weight excluding hydrogens is 472 g/mol. The van der Waals surface area contributed by atoms with Gasteiger partial charge in [-0.15, -0.1) is 5.10 Å². The Kier molecular flexibility index (Phi) is 5.65. The van der Waals surface area contributed by atoms with Crippen LogP contribution < -0.4 is 4.90 Å². The predicted molar refractivity (Wildman–Crippen MR) is 149 cm³/mol. The number of nitrogens with zero attached hydrogens (tertiary/aromatic N) is 7. The second-order valence-electron chi connectivity index (χ2n) is 10.3. The molecule has 1 fully saturated rings. The number of fused-ring (bicyclic) bond motifs is 1. The number of H-pyrrole nitrogens is 1. The van der Waals surface area contributed by atoms with E-state index in [1.807, 2.05) is 18.2 Å². The topological polar surface area (TPSA) is 76.5 Å². The maximum absolute atomic E-state index is 5.13. The van der Waals surface area contributed by atoms with Gasteiger partial charge in [0.2, 0.25) is 0 Å². The van der Waals surface area contributed by atoms with E-state index in [0.29, 0.717) is 5.82 Å². The number of hydrogen-bond donors (Lipinski definition) is 1. The van der Waals surface area contributed by atoms with E-state index in [4.69, 9.17) is 4.99 Å². The molecule has 7 rings (SSSR count). The number of anilines is 1. The molecule has 190 valence electrons. The summed E-state index contributed by atoms with van der Waals surface area (Å²) in [5.74, 6) is 2.56. The van der Waals surface area contributed by atoms with Crippen LogP contribution in [0.15, 0.2) is 95.8 Å². The monoisotopic (exact) mass is 502 g/mol. The van der Waals surface area contributed by atoms with Crippen molar-refractivity contribution in [2.24, 2.45) is 10.9 Å². The van der Waals surface area contributed by atoms with Crippen molar-refractivity contribution in [3.8, 4) is 22.5 Å². The minimum Gasteiger partial charge on any atom is -0.357 e. The molecule has 1 unspecified atom stereocenters. The van der Waals surface area contributed by atoms with E-state index in [2.05, 4.69) is 109 Å². The average molecular weight is 503 g/mol. The third kappa shape index (κ3) is 4.32. The first-order chi connectivity index (χ1) is 18.7. The van der Waals surface area contributed by atoms with Crippen LogP contribution in [0.5, 0.6) is 0 Å². The van der Waals surface area contributed by atoms with Gasteiger partial charge < -0.3 is 14.7 Å². The van der Waals surface area contributed by atoms with Gasteiger partial charge in [0, 0.05) is 30.5 Å². The van der Waals surface area contributed by atoms with Crippen LogP contribution in [0, 0.1) is 5.92 Å². The first-order valence-electron chi connectivity index (χ1n) is 13.3. The quantitative estimate of drug-likeness (QED) is 0.378. The van der Waals surface area contributed by atoms with Crippen molar-refractivity contribution < 1.29 is 0 Å². The molecule has 3 heterocycles. The lowest BCUT2D eigenvalue weighted by Gasteiger charge is -2.38. The molecule has 4 aromatic rings. The third-order valence-electron chi connectivity index (χ3n) is 7.59. The number of aromatic nitrogens is 4. The summed E-state index contributed by atoms with van der Waals surface area (Å²) in [7, 11) is 0. The summed E-state index contributed by atoms with van der Waals surface area (Å²) in [4.78, 5) is 12.4. The van der Waals surface area contributed by atoms with Gasteiger partial charge in [-0.05, 0) is 64.9 Å². The zero-order valence-corrected chi connectivity index (χ0v) is 21.4. The van der Waals surface area contributed by atoms with Crippen LogP contribution in [-0.4, -0.2) is 55.6 Å². The van der Waals surface area contributed by atoms with Gasteiger partial charge in [-0.2, -0.15) is 0 Å². The number of benzene rings is 3. The number of aliphatic imine (C=N–C) groups is 1. The lowest BCUT2D eigenvalue weighted by atomic mass is 9.98. The molecule has 1 aliphatic carbocycles. The van der Waals surface area contributed by atoms with E-state index in [0.717, 1.165) is 48.2 Å². The maximum atomic E-state index is 5.13. The zero-order valence-electron chi connectivity index (χ0n) is 21.4. The molecule has 3 aliphatic rings. The third-order valence-corrected chi connectivity index (χ3v) is 7.59. The molecule has 2 aliphatic heterocycles. The van der Waals surface area contributed by atoms with E-state index in [-0.39, 0.29) is 6.17 Å². The van der Waals surface area contributed by atoms with E-state index in [9.17, 15) is 0 Å². The van der Waals surface area contributed by atoms with E-state index in [1.54, 1.807) is 0 Å².